The van der Waals surface area contributed by atoms with Gasteiger partial charge in [-0.1, -0.05) is 30.3 Å². The molecule has 0 atom stereocenters. The number of fused-ring (bicyclic) bond motifs is 1. The Balaban J connectivity index is 2.00. The van der Waals surface area contributed by atoms with Gasteiger partial charge in [-0.25, -0.2) is 0 Å². The van der Waals surface area contributed by atoms with Gasteiger partial charge < -0.3 is 9.88 Å². The summed E-state index contributed by atoms with van der Waals surface area (Å²) in [4.78, 5) is 0. The van der Waals surface area contributed by atoms with Crippen molar-refractivity contribution in [3.63, 3.8) is 0 Å². The Morgan fingerprint density at radius 3 is 2.60 bits per heavy atom. The van der Waals surface area contributed by atoms with E-state index < -0.39 is 0 Å². The minimum atomic E-state index is 0.897. The third-order valence-corrected chi connectivity index (χ3v) is 4.22. The van der Waals surface area contributed by atoms with Gasteiger partial charge in [0.2, 0.25) is 0 Å². The molecular formula is C17H17IN2. The third kappa shape index (κ3) is 2.74. The van der Waals surface area contributed by atoms with Crippen molar-refractivity contribution in [2.24, 2.45) is 0 Å². The number of rotatable bonds is 4. The second-order valence-corrected chi connectivity index (χ2v) is 6.20. The predicted octanol–water partition coefficient (Wildman–Crippen LogP) is 4.01. The highest BCUT2D eigenvalue weighted by Crippen LogP contribution is 2.21. The van der Waals surface area contributed by atoms with Crippen molar-refractivity contribution in [1.29, 1.82) is 0 Å². The van der Waals surface area contributed by atoms with E-state index in [-0.39, 0.29) is 0 Å². The highest BCUT2D eigenvalue weighted by Gasteiger charge is 2.06. The van der Waals surface area contributed by atoms with E-state index in [4.69, 9.17) is 0 Å². The summed E-state index contributed by atoms with van der Waals surface area (Å²) < 4.78 is 3.61. The van der Waals surface area contributed by atoms with Gasteiger partial charge in [-0.3, -0.25) is 0 Å². The zero-order valence-corrected chi connectivity index (χ0v) is 13.6. The third-order valence-electron chi connectivity index (χ3n) is 3.51. The van der Waals surface area contributed by atoms with Crippen molar-refractivity contribution in [3.8, 4) is 0 Å². The fourth-order valence-corrected chi connectivity index (χ4v) is 2.95. The lowest BCUT2D eigenvalue weighted by molar-refractivity contribution is 0.796. The van der Waals surface area contributed by atoms with Crippen molar-refractivity contribution < 1.29 is 0 Å². The lowest BCUT2D eigenvalue weighted by atomic mass is 10.1. The Bertz CT molecular complexity index is 713. The van der Waals surface area contributed by atoms with Crippen LogP contribution in [0.4, 0.5) is 0 Å². The van der Waals surface area contributed by atoms with E-state index in [2.05, 4.69) is 87.2 Å². The molecule has 3 rings (SSSR count). The molecule has 0 spiro atoms. The van der Waals surface area contributed by atoms with Crippen LogP contribution in [0.15, 0.2) is 54.7 Å². The molecule has 0 aliphatic rings. The minimum absolute atomic E-state index is 0.897. The Morgan fingerprint density at radius 2 is 1.85 bits per heavy atom. The summed E-state index contributed by atoms with van der Waals surface area (Å²) in [6.45, 7) is 1.81. The molecular weight excluding hydrogens is 359 g/mol. The van der Waals surface area contributed by atoms with Crippen molar-refractivity contribution >= 4 is 33.5 Å². The summed E-state index contributed by atoms with van der Waals surface area (Å²) in [7, 11) is 1.99. The summed E-state index contributed by atoms with van der Waals surface area (Å²) >= 11 is 2.34. The summed E-state index contributed by atoms with van der Waals surface area (Å²) in [5, 5.41) is 4.56. The van der Waals surface area contributed by atoms with Gasteiger partial charge in [0, 0.05) is 22.9 Å². The highest BCUT2D eigenvalue weighted by molar-refractivity contribution is 14.1. The Morgan fingerprint density at radius 1 is 1.05 bits per heavy atom. The van der Waals surface area contributed by atoms with Crippen LogP contribution in [-0.2, 0) is 13.1 Å². The van der Waals surface area contributed by atoms with Crippen LogP contribution in [0.25, 0.3) is 10.9 Å². The molecule has 1 heterocycles. The Labute approximate surface area is 132 Å². The Hall–Kier alpha value is -1.33. The molecule has 0 radical (unpaired) electrons. The van der Waals surface area contributed by atoms with Crippen molar-refractivity contribution in [2.45, 2.75) is 13.1 Å². The van der Waals surface area contributed by atoms with E-state index in [1.54, 1.807) is 0 Å². The number of nitrogens with one attached hydrogen (secondary N) is 1. The maximum Gasteiger partial charge on any atom is 0.0529 e. The molecule has 3 aromatic rings. The normalized spacial score (nSPS) is 11.1. The number of benzene rings is 2. The summed E-state index contributed by atoms with van der Waals surface area (Å²) in [6, 6.07) is 17.4. The monoisotopic (exact) mass is 376 g/mol. The van der Waals surface area contributed by atoms with Crippen LogP contribution < -0.4 is 5.32 Å². The molecule has 3 heteroatoms. The molecule has 1 aromatic heterocycles. The number of nitrogens with zero attached hydrogens (tertiary/aromatic N) is 1. The number of hydrogen-bond donors (Lipinski definition) is 1. The molecule has 1 N–H and O–H groups in total. The average molecular weight is 376 g/mol. The van der Waals surface area contributed by atoms with E-state index >= 15 is 0 Å². The first kappa shape index (κ1) is 13.6. The van der Waals surface area contributed by atoms with Crippen LogP contribution in [0.2, 0.25) is 0 Å². The van der Waals surface area contributed by atoms with Gasteiger partial charge in [-0.15, -0.1) is 0 Å². The second kappa shape index (κ2) is 5.97. The smallest absolute Gasteiger partial charge is 0.0529 e. The van der Waals surface area contributed by atoms with Crippen molar-refractivity contribution in [1.82, 2.24) is 9.88 Å². The molecule has 2 aromatic carbocycles. The molecule has 0 amide bonds. The minimum Gasteiger partial charge on any atom is -0.343 e. The molecule has 0 unspecified atom stereocenters. The predicted molar refractivity (Wildman–Crippen MR) is 93.0 cm³/mol. The van der Waals surface area contributed by atoms with Crippen LogP contribution in [-0.4, -0.2) is 11.6 Å². The van der Waals surface area contributed by atoms with Crippen molar-refractivity contribution in [2.75, 3.05) is 7.05 Å². The van der Waals surface area contributed by atoms with E-state index in [1.165, 1.54) is 25.6 Å². The first-order valence-electron chi connectivity index (χ1n) is 6.74. The Kier molecular flexibility index (Phi) is 4.08. The number of hydrogen-bond acceptors (Lipinski definition) is 1. The molecule has 2 nitrogen and oxygen atoms in total. The second-order valence-electron chi connectivity index (χ2n) is 4.96. The highest BCUT2D eigenvalue weighted by atomic mass is 127. The maximum absolute atomic E-state index is 3.25. The van der Waals surface area contributed by atoms with Crippen LogP contribution in [0.3, 0.4) is 0 Å². The summed E-state index contributed by atoms with van der Waals surface area (Å²) in [5.74, 6) is 0. The van der Waals surface area contributed by atoms with Crippen molar-refractivity contribution in [3.05, 3.63) is 69.4 Å². The molecule has 0 aliphatic carbocycles. The van der Waals surface area contributed by atoms with E-state index in [1.807, 2.05) is 7.05 Å². The van der Waals surface area contributed by atoms with Crippen LogP contribution in [0, 0.1) is 3.57 Å². The number of halogens is 1. The largest absolute Gasteiger partial charge is 0.343 e. The van der Waals surface area contributed by atoms with Gasteiger partial charge in [0.05, 0.1) is 5.52 Å². The topological polar surface area (TPSA) is 17.0 Å². The molecule has 0 aliphatic heterocycles. The standard InChI is InChI=1S/C17H17IN2/c1-19-11-15-4-2-3-14-9-10-20(17(14)15)12-13-5-7-16(18)8-6-13/h2-10,19H,11-12H2,1H3. The quantitative estimate of drug-likeness (QED) is 0.681. The van der Waals surface area contributed by atoms with E-state index in [0.717, 1.165) is 13.1 Å². The molecule has 0 saturated carbocycles. The van der Waals surface area contributed by atoms with Gasteiger partial charge in [-0.05, 0) is 64.4 Å². The van der Waals surface area contributed by atoms with E-state index in [0.29, 0.717) is 0 Å². The van der Waals surface area contributed by atoms with Crippen LogP contribution in [0.5, 0.6) is 0 Å². The first-order chi connectivity index (χ1) is 9.78. The fourth-order valence-electron chi connectivity index (χ4n) is 2.59. The molecule has 0 saturated heterocycles. The zero-order chi connectivity index (χ0) is 13.9. The number of para-hydroxylation sites is 1. The van der Waals surface area contributed by atoms with Gasteiger partial charge in [0.25, 0.3) is 0 Å². The lowest BCUT2D eigenvalue weighted by Gasteiger charge is -2.10. The van der Waals surface area contributed by atoms with Crippen LogP contribution in [0.1, 0.15) is 11.1 Å². The molecule has 102 valence electrons. The number of aromatic nitrogens is 1. The van der Waals surface area contributed by atoms with Gasteiger partial charge in [0.15, 0.2) is 0 Å². The molecule has 0 fully saturated rings. The van der Waals surface area contributed by atoms with Gasteiger partial charge in [0.1, 0.15) is 0 Å². The molecule has 0 bridgehead atoms. The molecule has 20 heavy (non-hydrogen) atoms. The van der Waals surface area contributed by atoms with E-state index in [9.17, 15) is 0 Å². The van der Waals surface area contributed by atoms with Gasteiger partial charge in [-0.2, -0.15) is 0 Å². The van der Waals surface area contributed by atoms with Gasteiger partial charge >= 0.3 is 0 Å². The SMILES string of the molecule is CNCc1cccc2ccn(Cc3ccc(I)cc3)c12. The zero-order valence-electron chi connectivity index (χ0n) is 11.4. The average Bonchev–Trinajstić information content (AvgIpc) is 2.86. The fraction of sp³-hybridized carbons (Fsp3) is 0.176. The lowest BCUT2D eigenvalue weighted by Crippen LogP contribution is -2.07. The maximum atomic E-state index is 3.25. The summed E-state index contributed by atoms with van der Waals surface area (Å²) in [6.07, 6.45) is 2.18. The van der Waals surface area contributed by atoms with Crippen LogP contribution >= 0.6 is 22.6 Å². The summed E-state index contributed by atoms with van der Waals surface area (Å²) in [5.41, 5.74) is 4.02. The first-order valence-corrected chi connectivity index (χ1v) is 7.81.